The van der Waals surface area contributed by atoms with Crippen LogP contribution in [0.1, 0.15) is 24.2 Å². The molecular weight excluding hydrogens is 248 g/mol. The van der Waals surface area contributed by atoms with Gasteiger partial charge in [-0.15, -0.1) is 0 Å². The van der Waals surface area contributed by atoms with Crippen LogP contribution in [-0.4, -0.2) is 36.5 Å². The Morgan fingerprint density at radius 3 is 2.53 bits per heavy atom. The van der Waals surface area contributed by atoms with Gasteiger partial charge in [-0.25, -0.2) is 0 Å². The van der Waals surface area contributed by atoms with Crippen molar-refractivity contribution in [3.8, 4) is 0 Å². The average Bonchev–Trinajstić information content (AvgIpc) is 2.36. The molecule has 1 aliphatic heterocycles. The quantitative estimate of drug-likeness (QED) is 0.474. The fourth-order valence-electron chi connectivity index (χ4n) is 2.39. The van der Waals surface area contributed by atoms with Gasteiger partial charge in [0.25, 0.3) is 5.69 Å². The second-order valence-electron chi connectivity index (χ2n) is 4.78. The Morgan fingerprint density at radius 1 is 1.37 bits per heavy atom. The molecule has 0 aromatic heterocycles. The molecule has 2 rings (SSSR count). The SMILES string of the molecule is CC1CN(c2ccc([N+](=O)[O-])c(C=O)c2)CC(C)O1. The predicted molar refractivity (Wildman–Crippen MR) is 70.7 cm³/mol. The summed E-state index contributed by atoms with van der Waals surface area (Å²) in [6.07, 6.45) is 0.715. The van der Waals surface area contributed by atoms with Crippen LogP contribution in [-0.2, 0) is 4.74 Å². The molecule has 0 amide bonds. The van der Waals surface area contributed by atoms with Crippen LogP contribution in [0.5, 0.6) is 0 Å². The van der Waals surface area contributed by atoms with Crippen molar-refractivity contribution in [2.75, 3.05) is 18.0 Å². The normalized spacial score (nSPS) is 23.2. The van der Waals surface area contributed by atoms with Crippen LogP contribution in [0.3, 0.4) is 0 Å². The van der Waals surface area contributed by atoms with Gasteiger partial charge in [0.15, 0.2) is 6.29 Å². The number of nitro groups is 1. The van der Waals surface area contributed by atoms with Gasteiger partial charge < -0.3 is 9.64 Å². The average molecular weight is 264 g/mol. The molecule has 1 aromatic carbocycles. The van der Waals surface area contributed by atoms with Crippen molar-refractivity contribution in [1.82, 2.24) is 0 Å². The molecule has 102 valence electrons. The molecule has 2 unspecified atom stereocenters. The number of anilines is 1. The van der Waals surface area contributed by atoms with Gasteiger partial charge in [-0.3, -0.25) is 14.9 Å². The summed E-state index contributed by atoms with van der Waals surface area (Å²) in [7, 11) is 0. The number of hydrogen-bond acceptors (Lipinski definition) is 5. The zero-order valence-electron chi connectivity index (χ0n) is 10.9. The lowest BCUT2D eigenvalue weighted by atomic mass is 10.1. The van der Waals surface area contributed by atoms with Crippen molar-refractivity contribution in [2.45, 2.75) is 26.1 Å². The Kier molecular flexibility index (Phi) is 3.80. The van der Waals surface area contributed by atoms with E-state index in [2.05, 4.69) is 4.90 Å². The minimum Gasteiger partial charge on any atom is -0.372 e. The molecule has 0 N–H and O–H groups in total. The second kappa shape index (κ2) is 5.36. The summed E-state index contributed by atoms with van der Waals surface area (Å²) in [5.41, 5.74) is 0.761. The summed E-state index contributed by atoms with van der Waals surface area (Å²) in [5, 5.41) is 10.8. The van der Waals surface area contributed by atoms with Crippen LogP contribution in [0.2, 0.25) is 0 Å². The number of benzene rings is 1. The molecule has 0 spiro atoms. The number of morpholine rings is 1. The maximum absolute atomic E-state index is 10.9. The first-order valence-electron chi connectivity index (χ1n) is 6.15. The summed E-state index contributed by atoms with van der Waals surface area (Å²) in [4.78, 5) is 23.3. The van der Waals surface area contributed by atoms with Gasteiger partial charge >= 0.3 is 0 Å². The smallest absolute Gasteiger partial charge is 0.280 e. The van der Waals surface area contributed by atoms with Crippen molar-refractivity contribution in [1.29, 1.82) is 0 Å². The van der Waals surface area contributed by atoms with Crippen molar-refractivity contribution in [3.05, 3.63) is 33.9 Å². The third-order valence-corrected chi connectivity index (χ3v) is 3.12. The highest BCUT2D eigenvalue weighted by atomic mass is 16.6. The third-order valence-electron chi connectivity index (χ3n) is 3.12. The molecule has 6 nitrogen and oxygen atoms in total. The lowest BCUT2D eigenvalue weighted by Crippen LogP contribution is -2.45. The standard InChI is InChI=1S/C13H16N2O4/c1-9-6-14(7-10(2)19-9)12-3-4-13(15(17)18)11(5-12)8-16/h3-5,8-10H,6-7H2,1-2H3. The van der Waals surface area contributed by atoms with E-state index >= 15 is 0 Å². The van der Waals surface area contributed by atoms with Crippen LogP contribution in [0.4, 0.5) is 11.4 Å². The molecule has 0 bridgehead atoms. The number of aldehydes is 1. The molecular formula is C13H16N2O4. The number of carbonyl (C=O) groups excluding carboxylic acids is 1. The topological polar surface area (TPSA) is 72.7 Å². The number of hydrogen-bond donors (Lipinski definition) is 0. The Hall–Kier alpha value is -1.95. The van der Waals surface area contributed by atoms with E-state index in [1.54, 1.807) is 12.1 Å². The van der Waals surface area contributed by atoms with Crippen molar-refractivity contribution in [3.63, 3.8) is 0 Å². The van der Waals surface area contributed by atoms with Gasteiger partial charge in [-0.2, -0.15) is 0 Å². The van der Waals surface area contributed by atoms with E-state index in [1.165, 1.54) is 6.07 Å². The van der Waals surface area contributed by atoms with E-state index in [1.807, 2.05) is 13.8 Å². The van der Waals surface area contributed by atoms with E-state index in [0.717, 1.165) is 5.69 Å². The van der Waals surface area contributed by atoms with E-state index in [4.69, 9.17) is 4.74 Å². The van der Waals surface area contributed by atoms with Gasteiger partial charge in [0.05, 0.1) is 22.7 Å². The van der Waals surface area contributed by atoms with Crippen LogP contribution in [0, 0.1) is 10.1 Å². The Balaban J connectivity index is 2.30. The highest BCUT2D eigenvalue weighted by Crippen LogP contribution is 2.26. The molecule has 1 heterocycles. The number of nitro benzene ring substituents is 1. The van der Waals surface area contributed by atoms with Crippen molar-refractivity contribution in [2.24, 2.45) is 0 Å². The van der Waals surface area contributed by atoms with Crippen LogP contribution >= 0.6 is 0 Å². The Bertz CT molecular complexity index is 493. The maximum atomic E-state index is 10.9. The zero-order chi connectivity index (χ0) is 14.0. The first kappa shape index (κ1) is 13.5. The summed E-state index contributed by atoms with van der Waals surface area (Å²) in [5.74, 6) is 0. The number of ether oxygens (including phenoxy) is 1. The molecule has 6 heteroatoms. The fraction of sp³-hybridized carbons (Fsp3) is 0.462. The molecule has 0 radical (unpaired) electrons. The molecule has 1 fully saturated rings. The first-order chi connectivity index (χ1) is 9.01. The minimum absolute atomic E-state index is 0.0959. The highest BCUT2D eigenvalue weighted by molar-refractivity contribution is 5.83. The Morgan fingerprint density at radius 2 is 2.00 bits per heavy atom. The van der Waals surface area contributed by atoms with Crippen molar-refractivity contribution < 1.29 is 14.5 Å². The van der Waals surface area contributed by atoms with Gasteiger partial charge in [0, 0.05) is 24.8 Å². The van der Waals surface area contributed by atoms with E-state index < -0.39 is 4.92 Å². The molecule has 1 aliphatic rings. The summed E-state index contributed by atoms with van der Waals surface area (Å²) < 4.78 is 5.64. The molecule has 1 saturated heterocycles. The van der Waals surface area contributed by atoms with Gasteiger partial charge in [-0.1, -0.05) is 0 Å². The van der Waals surface area contributed by atoms with Gasteiger partial charge in [0.2, 0.25) is 0 Å². The number of nitrogens with zero attached hydrogens (tertiary/aromatic N) is 2. The maximum Gasteiger partial charge on any atom is 0.280 e. The third kappa shape index (κ3) is 2.90. The zero-order valence-corrected chi connectivity index (χ0v) is 10.9. The van der Waals surface area contributed by atoms with Crippen LogP contribution in [0.25, 0.3) is 0 Å². The highest BCUT2D eigenvalue weighted by Gasteiger charge is 2.24. The van der Waals surface area contributed by atoms with E-state index in [9.17, 15) is 14.9 Å². The predicted octanol–water partition coefficient (Wildman–Crippen LogP) is 2.02. The Labute approximate surface area is 111 Å². The molecule has 0 aliphatic carbocycles. The molecule has 2 atom stereocenters. The lowest BCUT2D eigenvalue weighted by molar-refractivity contribution is -0.385. The number of carbonyl (C=O) groups is 1. The van der Waals surface area contributed by atoms with Gasteiger partial charge in [0.1, 0.15) is 0 Å². The van der Waals surface area contributed by atoms with Crippen LogP contribution in [0.15, 0.2) is 18.2 Å². The van der Waals surface area contributed by atoms with E-state index in [0.29, 0.717) is 19.4 Å². The fourth-order valence-corrected chi connectivity index (χ4v) is 2.39. The van der Waals surface area contributed by atoms with E-state index in [-0.39, 0.29) is 23.5 Å². The first-order valence-corrected chi connectivity index (χ1v) is 6.15. The lowest BCUT2D eigenvalue weighted by Gasteiger charge is -2.36. The second-order valence-corrected chi connectivity index (χ2v) is 4.78. The summed E-state index contributed by atoms with van der Waals surface area (Å²) in [6.45, 7) is 5.38. The minimum atomic E-state index is -0.544. The molecule has 1 aromatic rings. The summed E-state index contributed by atoms with van der Waals surface area (Å²) in [6, 6.07) is 4.62. The van der Waals surface area contributed by atoms with Crippen LogP contribution < -0.4 is 4.90 Å². The van der Waals surface area contributed by atoms with Crippen molar-refractivity contribution >= 4 is 17.7 Å². The largest absolute Gasteiger partial charge is 0.372 e. The monoisotopic (exact) mass is 264 g/mol. The molecule has 0 saturated carbocycles. The van der Waals surface area contributed by atoms with Gasteiger partial charge in [-0.05, 0) is 26.0 Å². The summed E-state index contributed by atoms with van der Waals surface area (Å²) >= 11 is 0. The number of rotatable bonds is 3. The molecule has 19 heavy (non-hydrogen) atoms.